The Labute approximate surface area is 86.5 Å². The van der Waals surface area contributed by atoms with E-state index in [1.54, 1.807) is 0 Å². The zero-order chi connectivity index (χ0) is 10.8. The molecule has 0 aliphatic heterocycles. The van der Waals surface area contributed by atoms with Gasteiger partial charge in [-0.25, -0.2) is 4.98 Å². The van der Waals surface area contributed by atoms with E-state index in [9.17, 15) is 0 Å². The molecular formula is C11H21N3. The van der Waals surface area contributed by atoms with Crippen molar-refractivity contribution in [3.63, 3.8) is 0 Å². The van der Waals surface area contributed by atoms with Crippen molar-refractivity contribution in [3.05, 3.63) is 17.7 Å². The third-order valence-corrected chi connectivity index (χ3v) is 2.25. The Kier molecular flexibility index (Phi) is 3.32. The van der Waals surface area contributed by atoms with Gasteiger partial charge in [0.1, 0.15) is 5.82 Å². The first kappa shape index (κ1) is 11.2. The molecule has 0 unspecified atom stereocenters. The molecule has 3 heteroatoms. The molecule has 1 N–H and O–H groups in total. The summed E-state index contributed by atoms with van der Waals surface area (Å²) in [7, 11) is 0. The van der Waals surface area contributed by atoms with Gasteiger partial charge in [-0.2, -0.15) is 0 Å². The Morgan fingerprint density at radius 3 is 2.57 bits per heavy atom. The highest BCUT2D eigenvalue weighted by molar-refractivity contribution is 5.04. The second kappa shape index (κ2) is 4.13. The minimum atomic E-state index is 0.163. The monoisotopic (exact) mass is 195 g/mol. The van der Waals surface area contributed by atoms with Crippen LogP contribution in [0.2, 0.25) is 0 Å². The first-order valence-corrected chi connectivity index (χ1v) is 5.20. The van der Waals surface area contributed by atoms with Crippen LogP contribution in [0.15, 0.2) is 6.20 Å². The van der Waals surface area contributed by atoms with Crippen molar-refractivity contribution in [2.75, 3.05) is 0 Å². The van der Waals surface area contributed by atoms with E-state index >= 15 is 0 Å². The quantitative estimate of drug-likeness (QED) is 0.800. The van der Waals surface area contributed by atoms with Crippen LogP contribution in [0.5, 0.6) is 0 Å². The molecule has 0 atom stereocenters. The topological polar surface area (TPSA) is 29.9 Å². The van der Waals surface area contributed by atoms with Gasteiger partial charge in [0.2, 0.25) is 0 Å². The predicted molar refractivity (Wildman–Crippen MR) is 59.2 cm³/mol. The molecule has 0 aliphatic carbocycles. The molecule has 80 valence electrons. The van der Waals surface area contributed by atoms with Gasteiger partial charge in [-0.3, -0.25) is 0 Å². The predicted octanol–water partition coefficient (Wildman–Crippen LogP) is 2.10. The lowest BCUT2D eigenvalue weighted by atomic mass is 10.1. The molecule has 0 aliphatic rings. The number of nitrogens with zero attached hydrogens (tertiary/aromatic N) is 2. The Hall–Kier alpha value is -0.830. The van der Waals surface area contributed by atoms with Gasteiger partial charge in [0.05, 0.1) is 5.69 Å². The summed E-state index contributed by atoms with van der Waals surface area (Å²) >= 11 is 0. The molecule has 3 nitrogen and oxygen atoms in total. The second-order valence-electron chi connectivity index (χ2n) is 4.64. The van der Waals surface area contributed by atoms with Gasteiger partial charge in [0, 0.05) is 24.8 Å². The second-order valence-corrected chi connectivity index (χ2v) is 4.64. The van der Waals surface area contributed by atoms with Crippen LogP contribution >= 0.6 is 0 Å². The van der Waals surface area contributed by atoms with Crippen molar-refractivity contribution in [1.29, 1.82) is 0 Å². The van der Waals surface area contributed by atoms with Crippen molar-refractivity contribution in [3.8, 4) is 0 Å². The summed E-state index contributed by atoms with van der Waals surface area (Å²) < 4.78 is 2.23. The Morgan fingerprint density at radius 1 is 1.43 bits per heavy atom. The normalized spacial score (nSPS) is 12.1. The van der Waals surface area contributed by atoms with E-state index < -0.39 is 0 Å². The van der Waals surface area contributed by atoms with Crippen LogP contribution in [0.1, 0.15) is 39.2 Å². The zero-order valence-corrected chi connectivity index (χ0v) is 9.89. The summed E-state index contributed by atoms with van der Waals surface area (Å²) in [6, 6.07) is 0. The van der Waals surface area contributed by atoms with Crippen molar-refractivity contribution in [2.24, 2.45) is 0 Å². The van der Waals surface area contributed by atoms with Gasteiger partial charge in [0.25, 0.3) is 0 Å². The van der Waals surface area contributed by atoms with Crippen LogP contribution in [0.4, 0.5) is 0 Å². The van der Waals surface area contributed by atoms with Gasteiger partial charge >= 0.3 is 0 Å². The van der Waals surface area contributed by atoms with Crippen molar-refractivity contribution >= 4 is 0 Å². The van der Waals surface area contributed by atoms with Crippen molar-refractivity contribution in [2.45, 2.75) is 53.2 Å². The van der Waals surface area contributed by atoms with Gasteiger partial charge in [-0.05, 0) is 34.6 Å². The first-order chi connectivity index (χ1) is 6.44. The number of aromatic nitrogens is 2. The highest BCUT2D eigenvalue weighted by Crippen LogP contribution is 2.07. The molecule has 0 fully saturated rings. The fourth-order valence-electron chi connectivity index (χ4n) is 1.44. The van der Waals surface area contributed by atoms with E-state index in [0.29, 0.717) is 0 Å². The third-order valence-electron chi connectivity index (χ3n) is 2.25. The van der Waals surface area contributed by atoms with Crippen molar-refractivity contribution in [1.82, 2.24) is 14.9 Å². The standard InChI is InChI=1S/C11H21N3/c1-6-14-9(2)12-7-10(14)8-13-11(3,4)5/h7,13H,6,8H2,1-5H3. The number of rotatable bonds is 3. The molecule has 0 radical (unpaired) electrons. The molecule has 0 aromatic carbocycles. The largest absolute Gasteiger partial charge is 0.331 e. The van der Waals surface area contributed by atoms with Crippen LogP contribution < -0.4 is 5.32 Å². The molecule has 0 amide bonds. The highest BCUT2D eigenvalue weighted by Gasteiger charge is 2.11. The maximum atomic E-state index is 4.31. The number of nitrogens with one attached hydrogen (secondary N) is 1. The summed E-state index contributed by atoms with van der Waals surface area (Å²) in [5, 5.41) is 3.47. The Balaban J connectivity index is 2.67. The first-order valence-electron chi connectivity index (χ1n) is 5.20. The Morgan fingerprint density at radius 2 is 2.07 bits per heavy atom. The lowest BCUT2D eigenvalue weighted by Crippen LogP contribution is -2.35. The van der Waals surface area contributed by atoms with E-state index in [4.69, 9.17) is 0 Å². The molecule has 1 aromatic rings. The number of hydrogen-bond donors (Lipinski definition) is 1. The molecule has 14 heavy (non-hydrogen) atoms. The molecule has 1 rings (SSSR count). The van der Waals surface area contributed by atoms with E-state index in [2.05, 4.69) is 42.6 Å². The third kappa shape index (κ3) is 2.84. The van der Waals surface area contributed by atoms with Crippen LogP contribution in [-0.2, 0) is 13.1 Å². The lowest BCUT2D eigenvalue weighted by molar-refractivity contribution is 0.416. The molecule has 1 heterocycles. The average Bonchev–Trinajstić information content (AvgIpc) is 2.41. The molecule has 0 spiro atoms. The molecule has 0 saturated carbocycles. The van der Waals surface area contributed by atoms with Gasteiger partial charge in [-0.1, -0.05) is 0 Å². The Bertz CT molecular complexity index is 294. The van der Waals surface area contributed by atoms with Crippen LogP contribution in [-0.4, -0.2) is 15.1 Å². The smallest absolute Gasteiger partial charge is 0.105 e. The van der Waals surface area contributed by atoms with E-state index in [0.717, 1.165) is 18.9 Å². The molecule has 0 bridgehead atoms. The van der Waals surface area contributed by atoms with E-state index in [1.807, 2.05) is 13.1 Å². The number of aryl methyl sites for hydroxylation is 1. The maximum Gasteiger partial charge on any atom is 0.105 e. The summed E-state index contributed by atoms with van der Waals surface area (Å²) in [6.45, 7) is 12.6. The fourth-order valence-corrected chi connectivity index (χ4v) is 1.44. The SMILES string of the molecule is CCn1c(CNC(C)(C)C)cnc1C. The summed E-state index contributed by atoms with van der Waals surface area (Å²) in [6.07, 6.45) is 1.96. The minimum absolute atomic E-state index is 0.163. The minimum Gasteiger partial charge on any atom is -0.331 e. The van der Waals surface area contributed by atoms with E-state index in [-0.39, 0.29) is 5.54 Å². The van der Waals surface area contributed by atoms with Gasteiger partial charge < -0.3 is 9.88 Å². The summed E-state index contributed by atoms with van der Waals surface area (Å²) in [5.41, 5.74) is 1.43. The average molecular weight is 195 g/mol. The fraction of sp³-hybridized carbons (Fsp3) is 0.727. The number of imidazole rings is 1. The lowest BCUT2D eigenvalue weighted by Gasteiger charge is -2.20. The van der Waals surface area contributed by atoms with E-state index in [1.165, 1.54) is 5.69 Å². The maximum absolute atomic E-state index is 4.31. The zero-order valence-electron chi connectivity index (χ0n) is 9.89. The van der Waals surface area contributed by atoms with Crippen LogP contribution in [0.3, 0.4) is 0 Å². The molecule has 0 saturated heterocycles. The highest BCUT2D eigenvalue weighted by atomic mass is 15.1. The number of hydrogen-bond acceptors (Lipinski definition) is 2. The van der Waals surface area contributed by atoms with Crippen molar-refractivity contribution < 1.29 is 0 Å². The van der Waals surface area contributed by atoms with Gasteiger partial charge in [-0.15, -0.1) is 0 Å². The van der Waals surface area contributed by atoms with Crippen LogP contribution in [0, 0.1) is 6.92 Å². The summed E-state index contributed by atoms with van der Waals surface area (Å²) in [4.78, 5) is 4.31. The van der Waals surface area contributed by atoms with Gasteiger partial charge in [0.15, 0.2) is 0 Å². The molecule has 1 aromatic heterocycles. The summed E-state index contributed by atoms with van der Waals surface area (Å²) in [5.74, 6) is 1.10. The van der Waals surface area contributed by atoms with Crippen LogP contribution in [0.25, 0.3) is 0 Å². The molecular weight excluding hydrogens is 174 g/mol.